The normalized spacial score (nSPS) is 11.9. The van der Waals surface area contributed by atoms with Crippen molar-refractivity contribution in [3.63, 3.8) is 0 Å². The van der Waals surface area contributed by atoms with Gasteiger partial charge in [0.1, 0.15) is 12.6 Å². The molecule has 0 aromatic rings. The third kappa shape index (κ3) is 6.71. The highest BCUT2D eigenvalue weighted by atomic mass is 16.1. The van der Waals surface area contributed by atoms with Crippen LogP contribution in [0.2, 0.25) is 0 Å². The van der Waals surface area contributed by atoms with Crippen LogP contribution in [0, 0.1) is 0 Å². The second kappa shape index (κ2) is 6.93. The van der Waals surface area contributed by atoms with Gasteiger partial charge in [0.25, 0.3) is 0 Å². The first-order chi connectivity index (χ1) is 5.31. The van der Waals surface area contributed by atoms with Gasteiger partial charge in [-0.05, 0) is 31.9 Å². The molecule has 0 spiro atoms. The maximum absolute atomic E-state index is 9.95. The van der Waals surface area contributed by atoms with E-state index >= 15 is 0 Å². The van der Waals surface area contributed by atoms with Crippen LogP contribution in [0.3, 0.4) is 0 Å². The van der Waals surface area contributed by atoms with E-state index in [0.717, 1.165) is 31.0 Å². The van der Waals surface area contributed by atoms with E-state index in [0.29, 0.717) is 0 Å². The first-order valence-corrected chi connectivity index (χ1v) is 3.52. The molecule has 0 saturated heterocycles. The Morgan fingerprint density at radius 3 is 2.55 bits per heavy atom. The minimum absolute atomic E-state index is 0.749. The van der Waals surface area contributed by atoms with Gasteiger partial charge in [-0.1, -0.05) is 11.6 Å². The smallest absolute Gasteiger partial charge is 0.142 e. The van der Waals surface area contributed by atoms with Crippen molar-refractivity contribution in [2.75, 3.05) is 0 Å². The minimum atomic E-state index is 0.749. The van der Waals surface area contributed by atoms with Crippen LogP contribution < -0.4 is 0 Å². The molecule has 0 amide bonds. The summed E-state index contributed by atoms with van der Waals surface area (Å²) >= 11 is 0. The summed E-state index contributed by atoms with van der Waals surface area (Å²) in [4.78, 5) is 19.8. The largest absolute Gasteiger partial charge is 0.299 e. The number of allylic oxidation sites excluding steroid dienone is 4. The molecule has 0 saturated carbocycles. The average molecular weight is 152 g/mol. The topological polar surface area (TPSA) is 34.1 Å². The van der Waals surface area contributed by atoms with Gasteiger partial charge in [-0.15, -0.1) is 0 Å². The quantitative estimate of drug-likeness (QED) is 0.443. The predicted molar refractivity (Wildman–Crippen MR) is 44.3 cm³/mol. The van der Waals surface area contributed by atoms with Crippen LogP contribution in [-0.2, 0) is 9.59 Å². The Balaban J connectivity index is 3.53. The number of aldehydes is 2. The predicted octanol–water partition coefficient (Wildman–Crippen LogP) is 1.67. The van der Waals surface area contributed by atoms with Gasteiger partial charge in [0.2, 0.25) is 0 Å². The third-order valence-electron chi connectivity index (χ3n) is 1.27. The van der Waals surface area contributed by atoms with Gasteiger partial charge in [0, 0.05) is 0 Å². The third-order valence-corrected chi connectivity index (χ3v) is 1.27. The molecule has 2 heteroatoms. The van der Waals surface area contributed by atoms with E-state index in [4.69, 9.17) is 0 Å². The zero-order chi connectivity index (χ0) is 8.53. The number of rotatable bonds is 5. The molecule has 0 unspecified atom stereocenters. The van der Waals surface area contributed by atoms with Crippen molar-refractivity contribution in [3.05, 3.63) is 23.8 Å². The summed E-state index contributed by atoms with van der Waals surface area (Å²) < 4.78 is 0. The molecule has 0 aromatic carbocycles. The zero-order valence-corrected chi connectivity index (χ0v) is 6.62. The van der Waals surface area contributed by atoms with Crippen molar-refractivity contribution in [3.8, 4) is 0 Å². The number of carbonyl (C=O) groups excluding carboxylic acids is 2. The molecule has 11 heavy (non-hydrogen) atoms. The molecule has 0 aliphatic carbocycles. The summed E-state index contributed by atoms with van der Waals surface area (Å²) in [6.07, 6.45) is 7.97. The van der Waals surface area contributed by atoms with Crippen LogP contribution in [0.4, 0.5) is 0 Å². The lowest BCUT2D eigenvalue weighted by Gasteiger charge is -1.92. The van der Waals surface area contributed by atoms with Crippen molar-refractivity contribution in [1.82, 2.24) is 0 Å². The molecule has 0 aliphatic heterocycles. The van der Waals surface area contributed by atoms with E-state index in [-0.39, 0.29) is 0 Å². The second-order valence-electron chi connectivity index (χ2n) is 2.25. The van der Waals surface area contributed by atoms with Crippen LogP contribution in [0.1, 0.15) is 19.8 Å². The van der Waals surface area contributed by atoms with Gasteiger partial charge in [-0.2, -0.15) is 0 Å². The Kier molecular flexibility index (Phi) is 6.19. The average Bonchev–Trinajstić information content (AvgIpc) is 1.99. The molecule has 0 heterocycles. The van der Waals surface area contributed by atoms with Crippen molar-refractivity contribution in [1.29, 1.82) is 0 Å². The van der Waals surface area contributed by atoms with Gasteiger partial charge in [0.05, 0.1) is 0 Å². The Morgan fingerprint density at radius 2 is 2.00 bits per heavy atom. The fraction of sp³-hybridized carbons (Fsp3) is 0.333. The first kappa shape index (κ1) is 9.82. The van der Waals surface area contributed by atoms with Crippen LogP contribution in [-0.4, -0.2) is 12.6 Å². The Hall–Kier alpha value is -1.18. The molecule has 0 atom stereocenters. The summed E-state index contributed by atoms with van der Waals surface area (Å²) in [7, 11) is 0. The highest BCUT2D eigenvalue weighted by Gasteiger charge is 1.85. The standard InChI is InChI=1S/C9H12O2/c1-9(6-8-11)5-3-2-4-7-10/h2,4,6-8H,3,5H2,1H3/b4-2+,9-6+. The molecule has 60 valence electrons. The van der Waals surface area contributed by atoms with Crippen molar-refractivity contribution in [2.45, 2.75) is 19.8 Å². The van der Waals surface area contributed by atoms with Crippen molar-refractivity contribution < 1.29 is 9.59 Å². The van der Waals surface area contributed by atoms with Gasteiger partial charge >= 0.3 is 0 Å². The van der Waals surface area contributed by atoms with E-state index in [1.807, 2.05) is 6.92 Å². The Morgan fingerprint density at radius 1 is 1.27 bits per heavy atom. The van der Waals surface area contributed by atoms with Crippen molar-refractivity contribution in [2.24, 2.45) is 0 Å². The van der Waals surface area contributed by atoms with E-state index in [9.17, 15) is 9.59 Å². The van der Waals surface area contributed by atoms with Gasteiger partial charge in [-0.3, -0.25) is 9.59 Å². The van der Waals surface area contributed by atoms with Crippen LogP contribution in [0.5, 0.6) is 0 Å². The summed E-state index contributed by atoms with van der Waals surface area (Å²) in [5.74, 6) is 0. The van der Waals surface area contributed by atoms with E-state index in [1.54, 1.807) is 6.08 Å². The van der Waals surface area contributed by atoms with E-state index in [1.165, 1.54) is 12.2 Å². The van der Waals surface area contributed by atoms with E-state index < -0.39 is 0 Å². The molecule has 2 nitrogen and oxygen atoms in total. The van der Waals surface area contributed by atoms with Crippen LogP contribution in [0.25, 0.3) is 0 Å². The van der Waals surface area contributed by atoms with Gasteiger partial charge < -0.3 is 0 Å². The van der Waals surface area contributed by atoms with Crippen LogP contribution in [0.15, 0.2) is 23.8 Å². The lowest BCUT2D eigenvalue weighted by atomic mass is 10.1. The molecule has 0 N–H and O–H groups in total. The summed E-state index contributed by atoms with van der Waals surface area (Å²) in [6.45, 7) is 1.89. The second-order valence-corrected chi connectivity index (χ2v) is 2.25. The first-order valence-electron chi connectivity index (χ1n) is 3.52. The zero-order valence-electron chi connectivity index (χ0n) is 6.62. The summed E-state index contributed by atoms with van der Waals surface area (Å²) in [5, 5.41) is 0. The minimum Gasteiger partial charge on any atom is -0.299 e. The maximum Gasteiger partial charge on any atom is 0.142 e. The molecule has 0 bridgehead atoms. The number of hydrogen-bond acceptors (Lipinski definition) is 2. The Bertz CT molecular complexity index is 178. The lowest BCUT2D eigenvalue weighted by molar-refractivity contribution is -0.104. The molecule has 0 aliphatic rings. The molecule has 0 fully saturated rings. The Labute approximate surface area is 66.6 Å². The van der Waals surface area contributed by atoms with Crippen LogP contribution >= 0.6 is 0 Å². The fourth-order valence-electron chi connectivity index (χ4n) is 0.662. The van der Waals surface area contributed by atoms with E-state index in [2.05, 4.69) is 0 Å². The highest BCUT2D eigenvalue weighted by Crippen LogP contribution is 2.02. The summed E-state index contributed by atoms with van der Waals surface area (Å²) in [5.41, 5.74) is 1.04. The number of carbonyl (C=O) groups is 2. The van der Waals surface area contributed by atoms with Crippen molar-refractivity contribution >= 4 is 12.6 Å². The SMILES string of the molecule is C/C(=C\C=O)CC/C=C/C=O. The number of hydrogen-bond donors (Lipinski definition) is 0. The fourth-order valence-corrected chi connectivity index (χ4v) is 0.662. The summed E-state index contributed by atoms with van der Waals surface area (Å²) in [6, 6.07) is 0. The molecule has 0 radical (unpaired) electrons. The molecular weight excluding hydrogens is 140 g/mol. The maximum atomic E-state index is 9.95. The molecule has 0 aromatic heterocycles. The van der Waals surface area contributed by atoms with Gasteiger partial charge in [0.15, 0.2) is 0 Å². The van der Waals surface area contributed by atoms with Gasteiger partial charge in [-0.25, -0.2) is 0 Å². The molecule has 0 rings (SSSR count). The lowest BCUT2D eigenvalue weighted by Crippen LogP contribution is -1.76. The highest BCUT2D eigenvalue weighted by molar-refractivity contribution is 5.66. The molecular formula is C9H12O2. The monoisotopic (exact) mass is 152 g/mol.